The smallest absolute Gasteiger partial charge is 0.255 e. The summed E-state index contributed by atoms with van der Waals surface area (Å²) in [4.78, 5) is 24.1. The van der Waals surface area contributed by atoms with Crippen LogP contribution in [0.2, 0.25) is 0 Å². The van der Waals surface area contributed by atoms with Gasteiger partial charge in [0, 0.05) is 16.8 Å². The molecule has 0 spiro atoms. The monoisotopic (exact) mass is 345 g/mol. The highest BCUT2D eigenvalue weighted by Crippen LogP contribution is 2.33. The number of fused-ring (bicyclic) bond motifs is 4. The van der Waals surface area contributed by atoms with E-state index in [9.17, 15) is 4.79 Å². The molecule has 0 radical (unpaired) electrons. The molecule has 0 saturated carbocycles. The molecule has 5 rings (SSSR count). The first-order chi connectivity index (χ1) is 12.8. The number of ether oxygens (including phenoxy) is 1. The molecule has 0 atom stereocenters. The summed E-state index contributed by atoms with van der Waals surface area (Å²) in [6.45, 7) is 1.31. The van der Waals surface area contributed by atoms with E-state index in [-0.39, 0.29) is 5.91 Å². The van der Waals surface area contributed by atoms with E-state index >= 15 is 0 Å². The summed E-state index contributed by atoms with van der Waals surface area (Å²) < 4.78 is 7.82. The van der Waals surface area contributed by atoms with Gasteiger partial charge in [0.05, 0.1) is 42.1 Å². The van der Waals surface area contributed by atoms with Crippen LogP contribution in [0.4, 0.5) is 5.69 Å². The third kappa shape index (κ3) is 2.41. The fourth-order valence-electron chi connectivity index (χ4n) is 3.19. The normalized spacial score (nSPS) is 12.8. The molecule has 0 bridgehead atoms. The Kier molecular flexibility index (Phi) is 3.24. The lowest BCUT2D eigenvalue weighted by atomic mass is 10.1. The number of hydrogen-bond acceptors (Lipinski definition) is 4. The van der Waals surface area contributed by atoms with Gasteiger partial charge in [0.25, 0.3) is 5.91 Å². The molecule has 1 aliphatic rings. The molecule has 0 fully saturated rings. The van der Waals surface area contributed by atoms with E-state index < -0.39 is 0 Å². The molecule has 3 heterocycles. The number of anilines is 1. The van der Waals surface area contributed by atoms with E-state index in [2.05, 4.69) is 20.3 Å². The summed E-state index contributed by atoms with van der Waals surface area (Å²) in [7, 11) is 0. The number of aromatic amines is 1. The average molecular weight is 345 g/mol. The van der Waals surface area contributed by atoms with E-state index in [1.165, 1.54) is 0 Å². The van der Waals surface area contributed by atoms with E-state index in [1.54, 1.807) is 24.9 Å². The summed E-state index contributed by atoms with van der Waals surface area (Å²) in [5.74, 6) is 0.585. The summed E-state index contributed by atoms with van der Waals surface area (Å²) in [6.07, 6.45) is 5.20. The molecule has 7 nitrogen and oxygen atoms in total. The largest absolute Gasteiger partial charge is 0.491 e. The van der Waals surface area contributed by atoms with E-state index in [4.69, 9.17) is 4.74 Å². The van der Waals surface area contributed by atoms with Crippen molar-refractivity contribution < 1.29 is 9.53 Å². The minimum Gasteiger partial charge on any atom is -0.491 e. The predicted octanol–water partition coefficient (Wildman–Crippen LogP) is 3.07. The Morgan fingerprint density at radius 2 is 2.19 bits per heavy atom. The molecule has 1 amide bonds. The van der Waals surface area contributed by atoms with Crippen molar-refractivity contribution in [3.63, 3.8) is 0 Å². The number of rotatable bonds is 2. The molecule has 2 aromatic heterocycles. The minimum atomic E-state index is -0.179. The van der Waals surface area contributed by atoms with Crippen molar-refractivity contribution in [3.05, 3.63) is 60.8 Å². The number of imidazole rings is 2. The third-order valence-corrected chi connectivity index (χ3v) is 4.50. The zero-order valence-corrected chi connectivity index (χ0v) is 13.8. The Morgan fingerprint density at radius 1 is 1.23 bits per heavy atom. The van der Waals surface area contributed by atoms with Gasteiger partial charge in [0.15, 0.2) is 0 Å². The van der Waals surface area contributed by atoms with Crippen molar-refractivity contribution in [3.8, 4) is 17.0 Å². The number of hydrogen-bond donors (Lipinski definition) is 2. The Hall–Kier alpha value is -3.61. The second-order valence-electron chi connectivity index (χ2n) is 6.12. The molecular weight excluding hydrogens is 330 g/mol. The lowest BCUT2D eigenvalue weighted by Gasteiger charge is -2.10. The maximum Gasteiger partial charge on any atom is 0.255 e. The number of nitrogens with one attached hydrogen (secondary N) is 2. The van der Waals surface area contributed by atoms with E-state index in [1.807, 2.05) is 34.9 Å². The van der Waals surface area contributed by atoms with Gasteiger partial charge in [-0.15, -0.1) is 0 Å². The lowest BCUT2D eigenvalue weighted by molar-refractivity contribution is 0.102. The molecule has 7 heteroatoms. The molecule has 2 N–H and O–H groups in total. The zero-order valence-electron chi connectivity index (χ0n) is 13.8. The molecule has 4 aromatic rings. The van der Waals surface area contributed by atoms with Crippen molar-refractivity contribution in [1.82, 2.24) is 19.5 Å². The van der Waals surface area contributed by atoms with E-state index in [0.29, 0.717) is 17.9 Å². The topological polar surface area (TPSA) is 84.8 Å². The number of carbonyl (C=O) groups is 1. The summed E-state index contributed by atoms with van der Waals surface area (Å²) in [6, 6.07) is 11.0. The number of aromatic nitrogens is 4. The van der Waals surface area contributed by atoms with Crippen molar-refractivity contribution >= 4 is 22.6 Å². The Balaban J connectivity index is 1.48. The fourth-order valence-corrected chi connectivity index (χ4v) is 3.19. The highest BCUT2D eigenvalue weighted by atomic mass is 16.5. The SMILES string of the molecule is O=C(Nc1ccc2nc[nH]c2c1)c1ccc2c(c1)-c1cncn1CCO2. The van der Waals surface area contributed by atoms with Gasteiger partial charge in [-0.1, -0.05) is 0 Å². The van der Waals surface area contributed by atoms with Crippen molar-refractivity contribution in [2.24, 2.45) is 0 Å². The van der Waals surface area contributed by atoms with Crippen LogP contribution in [0.1, 0.15) is 10.4 Å². The number of nitrogens with zero attached hydrogens (tertiary/aromatic N) is 3. The van der Waals surface area contributed by atoms with Crippen LogP contribution in [0.3, 0.4) is 0 Å². The Morgan fingerprint density at radius 3 is 3.15 bits per heavy atom. The van der Waals surface area contributed by atoms with Crippen molar-refractivity contribution in [2.45, 2.75) is 6.54 Å². The van der Waals surface area contributed by atoms with Crippen LogP contribution >= 0.6 is 0 Å². The van der Waals surface area contributed by atoms with Crippen LogP contribution < -0.4 is 10.1 Å². The molecule has 0 aliphatic carbocycles. The van der Waals surface area contributed by atoms with Gasteiger partial charge in [0.2, 0.25) is 0 Å². The first-order valence-electron chi connectivity index (χ1n) is 8.30. The second kappa shape index (κ2) is 5.73. The van der Waals surface area contributed by atoms with Gasteiger partial charge < -0.3 is 19.6 Å². The molecule has 0 unspecified atom stereocenters. The first-order valence-corrected chi connectivity index (χ1v) is 8.30. The molecule has 2 aromatic carbocycles. The van der Waals surface area contributed by atoms with Crippen LogP contribution in [-0.2, 0) is 6.54 Å². The summed E-state index contributed by atoms with van der Waals surface area (Å²) in [5, 5.41) is 2.93. The van der Waals surface area contributed by atoms with Gasteiger partial charge in [-0.2, -0.15) is 0 Å². The van der Waals surface area contributed by atoms with Crippen LogP contribution in [0, 0.1) is 0 Å². The quantitative estimate of drug-likeness (QED) is 0.585. The minimum absolute atomic E-state index is 0.179. The molecule has 128 valence electrons. The summed E-state index contributed by atoms with van der Waals surface area (Å²) in [5.41, 5.74) is 4.83. The molecular formula is C19H15N5O2. The van der Waals surface area contributed by atoms with Crippen molar-refractivity contribution in [2.75, 3.05) is 11.9 Å². The van der Waals surface area contributed by atoms with E-state index in [0.717, 1.165) is 34.6 Å². The van der Waals surface area contributed by atoms with Gasteiger partial charge >= 0.3 is 0 Å². The van der Waals surface area contributed by atoms with Crippen LogP contribution in [0.15, 0.2) is 55.2 Å². The molecule has 26 heavy (non-hydrogen) atoms. The highest BCUT2D eigenvalue weighted by Gasteiger charge is 2.18. The Labute approximate surface area is 148 Å². The van der Waals surface area contributed by atoms with Crippen molar-refractivity contribution in [1.29, 1.82) is 0 Å². The predicted molar refractivity (Wildman–Crippen MR) is 97.2 cm³/mol. The number of amides is 1. The molecule has 1 aliphatic heterocycles. The molecule has 0 saturated heterocycles. The lowest BCUT2D eigenvalue weighted by Crippen LogP contribution is -2.12. The fraction of sp³-hybridized carbons (Fsp3) is 0.105. The second-order valence-corrected chi connectivity index (χ2v) is 6.12. The average Bonchev–Trinajstić information content (AvgIpc) is 3.27. The van der Waals surface area contributed by atoms with Gasteiger partial charge in [-0.3, -0.25) is 4.79 Å². The maximum atomic E-state index is 12.7. The Bertz CT molecular complexity index is 1130. The van der Waals surface area contributed by atoms with Gasteiger partial charge in [0.1, 0.15) is 12.4 Å². The maximum absolute atomic E-state index is 12.7. The van der Waals surface area contributed by atoms with Crippen LogP contribution in [0.25, 0.3) is 22.3 Å². The van der Waals surface area contributed by atoms with Gasteiger partial charge in [-0.25, -0.2) is 9.97 Å². The summed E-state index contributed by atoms with van der Waals surface area (Å²) >= 11 is 0. The van der Waals surface area contributed by atoms with Gasteiger partial charge in [-0.05, 0) is 36.4 Å². The highest BCUT2D eigenvalue weighted by molar-refractivity contribution is 6.05. The van der Waals surface area contributed by atoms with Crippen LogP contribution in [-0.4, -0.2) is 32.0 Å². The number of carbonyl (C=O) groups excluding carboxylic acids is 1. The zero-order chi connectivity index (χ0) is 17.5. The third-order valence-electron chi connectivity index (χ3n) is 4.50. The van der Waals surface area contributed by atoms with Crippen LogP contribution in [0.5, 0.6) is 5.75 Å². The number of benzene rings is 2. The first kappa shape index (κ1) is 14.7. The standard InChI is InChI=1S/C19H15N5O2/c25-19(23-13-2-3-15-16(8-13)22-10-21-15)12-1-4-18-14(7-12)17-9-20-11-24(17)5-6-26-18/h1-4,7-11H,5-6H2,(H,21,22)(H,23,25). The number of H-pyrrole nitrogens is 1.